The molecule has 1 aromatic rings. The van der Waals surface area contributed by atoms with E-state index in [0.29, 0.717) is 5.02 Å². The maximum absolute atomic E-state index is 11.4. The lowest BCUT2D eigenvalue weighted by Crippen LogP contribution is -2.34. The van der Waals surface area contributed by atoms with Crippen molar-refractivity contribution in [3.63, 3.8) is 0 Å². The van der Waals surface area contributed by atoms with Crippen LogP contribution >= 0.6 is 11.6 Å². The van der Waals surface area contributed by atoms with Gasteiger partial charge in [-0.1, -0.05) is 17.7 Å². The van der Waals surface area contributed by atoms with E-state index in [4.69, 9.17) is 11.6 Å². The summed E-state index contributed by atoms with van der Waals surface area (Å²) in [6.07, 6.45) is 0. The Morgan fingerprint density at radius 1 is 1.44 bits per heavy atom. The van der Waals surface area contributed by atoms with Crippen LogP contribution < -0.4 is 10.6 Å². The van der Waals surface area contributed by atoms with Crippen LogP contribution in [0.25, 0.3) is 0 Å². The van der Waals surface area contributed by atoms with Crippen LogP contribution in [0, 0.1) is 6.92 Å². The first-order valence-electron chi connectivity index (χ1n) is 5.28. The van der Waals surface area contributed by atoms with Gasteiger partial charge in [0, 0.05) is 6.04 Å². The summed E-state index contributed by atoms with van der Waals surface area (Å²) < 4.78 is 0. The Bertz CT molecular complexity index is 377. The molecule has 0 saturated heterocycles. The second kappa shape index (κ2) is 5.75. The van der Waals surface area contributed by atoms with Gasteiger partial charge in [-0.25, -0.2) is 0 Å². The van der Waals surface area contributed by atoms with E-state index in [2.05, 4.69) is 10.6 Å². The molecule has 1 aromatic carbocycles. The summed E-state index contributed by atoms with van der Waals surface area (Å²) >= 11 is 6.02. The van der Waals surface area contributed by atoms with Gasteiger partial charge in [0.25, 0.3) is 0 Å². The zero-order valence-electron chi connectivity index (χ0n) is 9.80. The first kappa shape index (κ1) is 12.8. The molecular weight excluding hydrogens is 224 g/mol. The summed E-state index contributed by atoms with van der Waals surface area (Å²) in [6, 6.07) is 5.85. The second-order valence-electron chi connectivity index (χ2n) is 4.06. The molecule has 3 nitrogen and oxygen atoms in total. The fourth-order valence-corrected chi connectivity index (χ4v) is 1.61. The minimum absolute atomic E-state index is 0.0355. The van der Waals surface area contributed by atoms with Crippen molar-refractivity contribution in [1.82, 2.24) is 5.32 Å². The Morgan fingerprint density at radius 2 is 2.12 bits per heavy atom. The Balaban J connectivity index is 2.51. The number of hydrogen-bond donors (Lipinski definition) is 2. The van der Waals surface area contributed by atoms with Gasteiger partial charge in [0.1, 0.15) is 0 Å². The van der Waals surface area contributed by atoms with Crippen molar-refractivity contribution in [2.45, 2.75) is 26.8 Å². The predicted molar refractivity (Wildman–Crippen MR) is 68.0 cm³/mol. The Hall–Kier alpha value is -1.22. The third-order valence-corrected chi connectivity index (χ3v) is 2.33. The van der Waals surface area contributed by atoms with E-state index in [9.17, 15) is 4.79 Å². The molecule has 1 amide bonds. The molecule has 0 saturated carbocycles. The summed E-state index contributed by atoms with van der Waals surface area (Å²) in [5.74, 6) is -0.0355. The van der Waals surface area contributed by atoms with Crippen LogP contribution in [-0.4, -0.2) is 18.5 Å². The number of benzene rings is 1. The fourth-order valence-electron chi connectivity index (χ4n) is 1.31. The number of halogens is 1. The summed E-state index contributed by atoms with van der Waals surface area (Å²) in [5, 5.41) is 6.44. The van der Waals surface area contributed by atoms with Gasteiger partial charge in [0.15, 0.2) is 0 Å². The molecule has 0 aliphatic heterocycles. The number of amides is 1. The molecule has 0 radical (unpaired) electrons. The average molecular weight is 241 g/mol. The van der Waals surface area contributed by atoms with Crippen molar-refractivity contribution in [1.29, 1.82) is 0 Å². The molecule has 0 aromatic heterocycles. The molecule has 0 aliphatic carbocycles. The first-order chi connectivity index (χ1) is 7.49. The highest BCUT2D eigenvalue weighted by Gasteiger charge is 2.04. The minimum atomic E-state index is -0.0355. The van der Waals surface area contributed by atoms with E-state index < -0.39 is 0 Å². The summed E-state index contributed by atoms with van der Waals surface area (Å²) in [7, 11) is 0. The number of hydrogen-bond acceptors (Lipinski definition) is 2. The maximum atomic E-state index is 11.4. The fraction of sp³-hybridized carbons (Fsp3) is 0.417. The average Bonchev–Trinajstić information content (AvgIpc) is 2.15. The van der Waals surface area contributed by atoms with Crippen LogP contribution in [-0.2, 0) is 4.79 Å². The van der Waals surface area contributed by atoms with Gasteiger partial charge < -0.3 is 10.6 Å². The van der Waals surface area contributed by atoms with Crippen molar-refractivity contribution in [3.05, 3.63) is 28.8 Å². The molecule has 0 aliphatic rings. The van der Waals surface area contributed by atoms with E-state index in [0.717, 1.165) is 11.3 Å². The zero-order valence-corrected chi connectivity index (χ0v) is 10.6. The molecule has 0 fully saturated rings. The van der Waals surface area contributed by atoms with Gasteiger partial charge >= 0.3 is 0 Å². The number of carbonyl (C=O) groups excluding carboxylic acids is 1. The molecule has 0 heterocycles. The molecule has 0 atom stereocenters. The molecule has 1 rings (SSSR count). The van der Waals surface area contributed by atoms with Crippen LogP contribution in [0.4, 0.5) is 5.69 Å². The lowest BCUT2D eigenvalue weighted by atomic mass is 10.2. The highest BCUT2D eigenvalue weighted by atomic mass is 35.5. The number of rotatable bonds is 4. The van der Waals surface area contributed by atoms with Gasteiger partial charge in [-0.15, -0.1) is 0 Å². The molecular formula is C12H17ClN2O. The third-order valence-electron chi connectivity index (χ3n) is 2.01. The van der Waals surface area contributed by atoms with E-state index in [1.165, 1.54) is 0 Å². The van der Waals surface area contributed by atoms with Crippen LogP contribution in [0.2, 0.25) is 5.02 Å². The lowest BCUT2D eigenvalue weighted by Gasteiger charge is -2.11. The smallest absolute Gasteiger partial charge is 0.239 e. The summed E-state index contributed by atoms with van der Waals surface area (Å²) in [6.45, 7) is 6.07. The Kier molecular flexibility index (Phi) is 4.62. The van der Waals surface area contributed by atoms with Crippen molar-refractivity contribution < 1.29 is 4.79 Å². The largest absolute Gasteiger partial charge is 0.375 e. The molecule has 0 spiro atoms. The monoisotopic (exact) mass is 240 g/mol. The summed E-state index contributed by atoms with van der Waals surface area (Å²) in [5.41, 5.74) is 1.88. The highest BCUT2D eigenvalue weighted by Crippen LogP contribution is 2.22. The molecule has 0 unspecified atom stereocenters. The van der Waals surface area contributed by atoms with Crippen molar-refractivity contribution >= 4 is 23.2 Å². The summed E-state index contributed by atoms with van der Waals surface area (Å²) in [4.78, 5) is 11.4. The normalized spacial score (nSPS) is 10.3. The van der Waals surface area contributed by atoms with Gasteiger partial charge in [-0.3, -0.25) is 4.79 Å². The highest BCUT2D eigenvalue weighted by molar-refractivity contribution is 6.33. The van der Waals surface area contributed by atoms with Crippen LogP contribution in [0.5, 0.6) is 0 Å². The Morgan fingerprint density at radius 3 is 2.69 bits per heavy atom. The second-order valence-corrected chi connectivity index (χ2v) is 4.47. The topological polar surface area (TPSA) is 41.1 Å². The minimum Gasteiger partial charge on any atom is -0.375 e. The number of carbonyl (C=O) groups is 1. The Labute approximate surface area is 101 Å². The van der Waals surface area contributed by atoms with Gasteiger partial charge in [-0.05, 0) is 38.5 Å². The van der Waals surface area contributed by atoms with Gasteiger partial charge in [-0.2, -0.15) is 0 Å². The van der Waals surface area contributed by atoms with Crippen molar-refractivity contribution in [3.8, 4) is 0 Å². The predicted octanol–water partition coefficient (Wildman–Crippen LogP) is 2.58. The quantitative estimate of drug-likeness (QED) is 0.850. The number of anilines is 1. The van der Waals surface area contributed by atoms with E-state index in [1.807, 2.05) is 39.0 Å². The standard InChI is InChI=1S/C12H17ClN2O/c1-8(2)15-12(16)7-14-11-5-4-9(3)6-10(11)13/h4-6,8,14H,7H2,1-3H3,(H,15,16). The lowest BCUT2D eigenvalue weighted by molar-refractivity contribution is -0.119. The van der Waals surface area contributed by atoms with Crippen LogP contribution in [0.1, 0.15) is 19.4 Å². The SMILES string of the molecule is Cc1ccc(NCC(=O)NC(C)C)c(Cl)c1. The van der Waals surface area contributed by atoms with E-state index in [-0.39, 0.29) is 18.5 Å². The number of aryl methyl sites for hydroxylation is 1. The van der Waals surface area contributed by atoms with Crippen molar-refractivity contribution in [2.75, 3.05) is 11.9 Å². The molecule has 88 valence electrons. The van der Waals surface area contributed by atoms with E-state index in [1.54, 1.807) is 0 Å². The molecule has 0 bridgehead atoms. The van der Waals surface area contributed by atoms with Gasteiger partial charge in [0.05, 0.1) is 17.3 Å². The molecule has 2 N–H and O–H groups in total. The van der Waals surface area contributed by atoms with Crippen LogP contribution in [0.3, 0.4) is 0 Å². The van der Waals surface area contributed by atoms with Crippen LogP contribution in [0.15, 0.2) is 18.2 Å². The molecule has 4 heteroatoms. The zero-order chi connectivity index (χ0) is 12.1. The number of nitrogens with one attached hydrogen (secondary N) is 2. The van der Waals surface area contributed by atoms with Gasteiger partial charge in [0.2, 0.25) is 5.91 Å². The first-order valence-corrected chi connectivity index (χ1v) is 5.66. The molecule has 16 heavy (non-hydrogen) atoms. The third kappa shape index (κ3) is 4.11. The van der Waals surface area contributed by atoms with E-state index >= 15 is 0 Å². The van der Waals surface area contributed by atoms with Crippen molar-refractivity contribution in [2.24, 2.45) is 0 Å². The maximum Gasteiger partial charge on any atom is 0.239 e.